The minimum atomic E-state index is 0.110. The van der Waals surface area contributed by atoms with Gasteiger partial charge in [-0.05, 0) is 42.5 Å². The summed E-state index contributed by atoms with van der Waals surface area (Å²) in [4.78, 5) is 15.5. The number of hydrogen-bond acceptors (Lipinski definition) is 2. The number of aryl methyl sites for hydroxylation is 1. The van der Waals surface area contributed by atoms with E-state index in [-0.39, 0.29) is 5.91 Å². The number of nitrogens with zero attached hydrogens (tertiary/aromatic N) is 1. The highest BCUT2D eigenvalue weighted by atomic mass is 32.1. The van der Waals surface area contributed by atoms with Crippen molar-refractivity contribution in [3.8, 4) is 0 Å². The van der Waals surface area contributed by atoms with E-state index in [1.165, 1.54) is 10.4 Å². The lowest BCUT2D eigenvalue weighted by molar-refractivity contribution is 0.0754. The third kappa shape index (κ3) is 3.44. The normalized spacial score (nSPS) is 10.4. The molecule has 2 aromatic rings. The second-order valence-corrected chi connectivity index (χ2v) is 5.48. The van der Waals surface area contributed by atoms with Crippen LogP contribution in [0.3, 0.4) is 0 Å². The fraction of sp³-hybridized carbons (Fsp3) is 0.312. The molecular weight excluding hydrogens is 254 g/mol. The van der Waals surface area contributed by atoms with Gasteiger partial charge in [-0.25, -0.2) is 0 Å². The Bertz CT molecular complexity index is 516. The van der Waals surface area contributed by atoms with Crippen LogP contribution in [0.25, 0.3) is 0 Å². The summed E-state index contributed by atoms with van der Waals surface area (Å²) in [6.45, 7) is 5.56. The first-order valence-electron chi connectivity index (χ1n) is 6.65. The lowest BCUT2D eigenvalue weighted by Crippen LogP contribution is -2.29. The molecule has 1 heterocycles. The Hall–Kier alpha value is -1.61. The van der Waals surface area contributed by atoms with Crippen molar-refractivity contribution in [1.82, 2.24) is 4.90 Å². The molecule has 0 atom stereocenters. The van der Waals surface area contributed by atoms with Crippen LogP contribution in [0.1, 0.15) is 34.6 Å². The molecule has 0 saturated carbocycles. The molecule has 1 amide bonds. The van der Waals surface area contributed by atoms with E-state index in [4.69, 9.17) is 0 Å². The number of rotatable bonds is 5. The number of carbonyl (C=O) groups excluding carboxylic acids is 1. The molecule has 1 aromatic carbocycles. The predicted octanol–water partition coefficient (Wildman–Crippen LogP) is 3.97. The van der Waals surface area contributed by atoms with Crippen LogP contribution in [0.2, 0.25) is 0 Å². The van der Waals surface area contributed by atoms with Crippen LogP contribution in [-0.4, -0.2) is 17.4 Å². The van der Waals surface area contributed by atoms with E-state index >= 15 is 0 Å². The SMILES string of the molecule is CCc1ccc(C(=O)N(CC)Cc2cccs2)cc1. The molecule has 2 nitrogen and oxygen atoms in total. The average molecular weight is 273 g/mol. The van der Waals surface area contributed by atoms with Crippen molar-refractivity contribution in [2.24, 2.45) is 0 Å². The summed E-state index contributed by atoms with van der Waals surface area (Å²) in [6.07, 6.45) is 1.00. The van der Waals surface area contributed by atoms with E-state index in [9.17, 15) is 4.79 Å². The monoisotopic (exact) mass is 273 g/mol. The molecule has 19 heavy (non-hydrogen) atoms. The number of hydrogen-bond donors (Lipinski definition) is 0. The molecule has 100 valence electrons. The number of carbonyl (C=O) groups is 1. The number of benzene rings is 1. The van der Waals surface area contributed by atoms with Gasteiger partial charge in [-0.1, -0.05) is 25.1 Å². The van der Waals surface area contributed by atoms with Gasteiger partial charge in [-0.2, -0.15) is 0 Å². The summed E-state index contributed by atoms with van der Waals surface area (Å²) in [5, 5.41) is 2.05. The largest absolute Gasteiger partial charge is 0.334 e. The van der Waals surface area contributed by atoms with Crippen molar-refractivity contribution in [2.75, 3.05) is 6.54 Å². The first-order chi connectivity index (χ1) is 9.24. The minimum Gasteiger partial charge on any atom is -0.334 e. The second-order valence-electron chi connectivity index (χ2n) is 4.45. The first-order valence-corrected chi connectivity index (χ1v) is 7.53. The number of amides is 1. The van der Waals surface area contributed by atoms with Crippen molar-refractivity contribution in [1.29, 1.82) is 0 Å². The Morgan fingerprint density at radius 2 is 1.89 bits per heavy atom. The zero-order valence-electron chi connectivity index (χ0n) is 11.4. The van der Waals surface area contributed by atoms with Gasteiger partial charge >= 0.3 is 0 Å². The molecular formula is C16H19NOS. The molecule has 0 aliphatic heterocycles. The van der Waals surface area contributed by atoms with Crippen molar-refractivity contribution in [2.45, 2.75) is 26.8 Å². The van der Waals surface area contributed by atoms with Gasteiger partial charge in [0.1, 0.15) is 0 Å². The third-order valence-electron chi connectivity index (χ3n) is 3.20. The molecule has 0 radical (unpaired) electrons. The Balaban J connectivity index is 2.10. The summed E-state index contributed by atoms with van der Waals surface area (Å²) in [5.74, 6) is 0.110. The molecule has 0 aliphatic carbocycles. The Morgan fingerprint density at radius 3 is 2.42 bits per heavy atom. The van der Waals surface area contributed by atoms with Crippen LogP contribution in [0.4, 0.5) is 0 Å². The van der Waals surface area contributed by atoms with Gasteiger partial charge in [0, 0.05) is 17.0 Å². The maximum Gasteiger partial charge on any atom is 0.254 e. The maximum absolute atomic E-state index is 12.4. The standard InChI is InChI=1S/C16H19NOS/c1-3-13-7-9-14(10-8-13)16(18)17(4-2)12-15-6-5-11-19-15/h5-11H,3-4,12H2,1-2H3. The van der Waals surface area contributed by atoms with E-state index in [0.29, 0.717) is 6.54 Å². The van der Waals surface area contributed by atoms with Crippen molar-refractivity contribution < 1.29 is 4.79 Å². The zero-order chi connectivity index (χ0) is 13.7. The fourth-order valence-electron chi connectivity index (χ4n) is 1.98. The lowest BCUT2D eigenvalue weighted by Gasteiger charge is -2.20. The quantitative estimate of drug-likeness (QED) is 0.807. The fourth-order valence-corrected chi connectivity index (χ4v) is 2.70. The van der Waals surface area contributed by atoms with E-state index in [0.717, 1.165) is 18.5 Å². The zero-order valence-corrected chi connectivity index (χ0v) is 12.2. The van der Waals surface area contributed by atoms with Crippen LogP contribution in [0, 0.1) is 0 Å². The van der Waals surface area contributed by atoms with E-state index in [1.54, 1.807) is 11.3 Å². The molecule has 3 heteroatoms. The molecule has 0 unspecified atom stereocenters. The average Bonchev–Trinajstić information content (AvgIpc) is 2.97. The van der Waals surface area contributed by atoms with Gasteiger partial charge in [-0.15, -0.1) is 11.3 Å². The van der Waals surface area contributed by atoms with Gasteiger partial charge in [-0.3, -0.25) is 4.79 Å². The van der Waals surface area contributed by atoms with Gasteiger partial charge in [0.05, 0.1) is 6.54 Å². The highest BCUT2D eigenvalue weighted by Gasteiger charge is 2.14. The van der Waals surface area contributed by atoms with Gasteiger partial charge < -0.3 is 4.90 Å². The highest BCUT2D eigenvalue weighted by Crippen LogP contribution is 2.15. The molecule has 0 bridgehead atoms. The first kappa shape index (κ1) is 13.8. The molecule has 0 aliphatic rings. The predicted molar refractivity (Wildman–Crippen MR) is 80.6 cm³/mol. The third-order valence-corrected chi connectivity index (χ3v) is 4.07. The summed E-state index contributed by atoms with van der Waals surface area (Å²) < 4.78 is 0. The van der Waals surface area contributed by atoms with Crippen LogP contribution in [0.15, 0.2) is 41.8 Å². The van der Waals surface area contributed by atoms with E-state index < -0.39 is 0 Å². The van der Waals surface area contributed by atoms with Crippen molar-refractivity contribution >= 4 is 17.2 Å². The van der Waals surface area contributed by atoms with Crippen LogP contribution < -0.4 is 0 Å². The smallest absolute Gasteiger partial charge is 0.254 e. The van der Waals surface area contributed by atoms with Gasteiger partial charge in [0.25, 0.3) is 5.91 Å². The maximum atomic E-state index is 12.4. The molecule has 0 saturated heterocycles. The minimum absolute atomic E-state index is 0.110. The van der Waals surface area contributed by atoms with Crippen LogP contribution >= 0.6 is 11.3 Å². The molecule has 1 aromatic heterocycles. The Morgan fingerprint density at radius 1 is 1.16 bits per heavy atom. The highest BCUT2D eigenvalue weighted by molar-refractivity contribution is 7.09. The summed E-state index contributed by atoms with van der Waals surface area (Å²) in [5.41, 5.74) is 2.04. The topological polar surface area (TPSA) is 20.3 Å². The summed E-state index contributed by atoms with van der Waals surface area (Å²) in [7, 11) is 0. The van der Waals surface area contributed by atoms with Crippen LogP contribution in [0.5, 0.6) is 0 Å². The number of thiophene rings is 1. The van der Waals surface area contributed by atoms with Crippen molar-refractivity contribution in [3.05, 3.63) is 57.8 Å². The van der Waals surface area contributed by atoms with Gasteiger partial charge in [0.2, 0.25) is 0 Å². The molecule has 2 rings (SSSR count). The Labute approximate surface area is 118 Å². The lowest BCUT2D eigenvalue weighted by atomic mass is 10.1. The summed E-state index contributed by atoms with van der Waals surface area (Å²) in [6, 6.07) is 12.0. The second kappa shape index (κ2) is 6.53. The molecule has 0 fully saturated rings. The van der Waals surface area contributed by atoms with Crippen LogP contribution in [-0.2, 0) is 13.0 Å². The van der Waals surface area contributed by atoms with Crippen molar-refractivity contribution in [3.63, 3.8) is 0 Å². The summed E-state index contributed by atoms with van der Waals surface area (Å²) >= 11 is 1.69. The Kier molecular flexibility index (Phi) is 4.74. The van der Waals surface area contributed by atoms with E-state index in [1.807, 2.05) is 47.5 Å². The van der Waals surface area contributed by atoms with Gasteiger partial charge in [0.15, 0.2) is 0 Å². The molecule has 0 N–H and O–H groups in total. The molecule has 0 spiro atoms. The van der Waals surface area contributed by atoms with E-state index in [2.05, 4.69) is 13.0 Å².